The summed E-state index contributed by atoms with van der Waals surface area (Å²) in [6.07, 6.45) is 0.370. The first-order valence-electron chi connectivity index (χ1n) is 3.09. The van der Waals surface area contributed by atoms with Gasteiger partial charge in [0.1, 0.15) is 11.6 Å². The molecule has 3 heteroatoms. The minimum absolute atomic E-state index is 0.0616. The fraction of sp³-hybridized carbons (Fsp3) is 0.125. The van der Waals surface area contributed by atoms with Gasteiger partial charge < -0.3 is 5.11 Å². The van der Waals surface area contributed by atoms with Crippen LogP contribution in [-0.4, -0.2) is 11.4 Å². The lowest BCUT2D eigenvalue weighted by molar-refractivity contribution is 0.111. The summed E-state index contributed by atoms with van der Waals surface area (Å²) in [7, 11) is 0. The number of phenols is 1. The summed E-state index contributed by atoms with van der Waals surface area (Å²) in [6.45, 7) is 1.56. The Labute approximate surface area is 63.3 Å². The number of hydrogen-bond acceptors (Lipinski definition) is 2. The number of hydrogen-bond donors (Lipinski definition) is 1. The Morgan fingerprint density at radius 2 is 2.18 bits per heavy atom. The Morgan fingerprint density at radius 3 is 2.73 bits per heavy atom. The van der Waals surface area contributed by atoms with Crippen molar-refractivity contribution in [1.29, 1.82) is 0 Å². The molecule has 58 valence electrons. The van der Waals surface area contributed by atoms with Crippen molar-refractivity contribution in [2.45, 2.75) is 6.92 Å². The number of aromatic hydroxyl groups is 1. The average Bonchev–Trinajstić information content (AvgIpc) is 1.97. The SMILES string of the molecule is Cc1cc(F)c(C=O)cc1O. The maximum absolute atomic E-state index is 12.7. The van der Waals surface area contributed by atoms with E-state index < -0.39 is 5.82 Å². The molecule has 0 heterocycles. The second kappa shape index (κ2) is 2.70. The third-order valence-electron chi connectivity index (χ3n) is 1.44. The molecule has 0 aliphatic carbocycles. The summed E-state index contributed by atoms with van der Waals surface area (Å²) in [5.74, 6) is -0.663. The summed E-state index contributed by atoms with van der Waals surface area (Å²) in [4.78, 5) is 10.1. The van der Waals surface area contributed by atoms with Crippen molar-refractivity contribution in [3.05, 3.63) is 29.1 Å². The molecule has 0 aliphatic rings. The van der Waals surface area contributed by atoms with E-state index in [4.69, 9.17) is 5.11 Å². The molecule has 0 fully saturated rings. The average molecular weight is 154 g/mol. The van der Waals surface area contributed by atoms with E-state index in [0.717, 1.165) is 12.1 Å². The van der Waals surface area contributed by atoms with Gasteiger partial charge >= 0.3 is 0 Å². The molecule has 0 saturated heterocycles. The molecular formula is C8H7FO2. The largest absolute Gasteiger partial charge is 0.508 e. The Balaban J connectivity index is 3.31. The molecule has 1 rings (SSSR count). The summed E-state index contributed by atoms with van der Waals surface area (Å²) in [6, 6.07) is 2.23. The van der Waals surface area contributed by atoms with Crippen molar-refractivity contribution in [1.82, 2.24) is 0 Å². The van der Waals surface area contributed by atoms with Crippen LogP contribution in [-0.2, 0) is 0 Å². The Hall–Kier alpha value is -1.38. The van der Waals surface area contributed by atoms with Crippen LogP contribution in [0.4, 0.5) is 4.39 Å². The second-order valence-electron chi connectivity index (χ2n) is 2.28. The molecule has 11 heavy (non-hydrogen) atoms. The Bertz CT molecular complexity index is 294. The normalized spacial score (nSPS) is 9.64. The van der Waals surface area contributed by atoms with Crippen LogP contribution in [0.15, 0.2) is 12.1 Å². The van der Waals surface area contributed by atoms with Crippen molar-refractivity contribution in [3.8, 4) is 5.75 Å². The highest BCUT2D eigenvalue weighted by Crippen LogP contribution is 2.19. The zero-order valence-electron chi connectivity index (χ0n) is 5.97. The van der Waals surface area contributed by atoms with Gasteiger partial charge in [-0.2, -0.15) is 0 Å². The van der Waals surface area contributed by atoms with E-state index in [1.165, 1.54) is 0 Å². The van der Waals surface area contributed by atoms with Crippen LogP contribution in [0.3, 0.4) is 0 Å². The maximum Gasteiger partial charge on any atom is 0.153 e. The molecule has 0 unspecified atom stereocenters. The molecular weight excluding hydrogens is 147 g/mol. The van der Waals surface area contributed by atoms with Gasteiger partial charge in [-0.3, -0.25) is 4.79 Å². The first kappa shape index (κ1) is 7.72. The lowest BCUT2D eigenvalue weighted by Crippen LogP contribution is -1.88. The van der Waals surface area contributed by atoms with Gasteiger partial charge in [0, 0.05) is 0 Å². The maximum atomic E-state index is 12.7. The van der Waals surface area contributed by atoms with Crippen LogP contribution in [0.5, 0.6) is 5.75 Å². The van der Waals surface area contributed by atoms with Gasteiger partial charge in [-0.1, -0.05) is 0 Å². The van der Waals surface area contributed by atoms with Gasteiger partial charge in [-0.15, -0.1) is 0 Å². The van der Waals surface area contributed by atoms with Gasteiger partial charge in [-0.05, 0) is 24.6 Å². The lowest BCUT2D eigenvalue weighted by Gasteiger charge is -1.99. The fourth-order valence-electron chi connectivity index (χ4n) is 0.768. The van der Waals surface area contributed by atoms with Gasteiger partial charge in [0.2, 0.25) is 0 Å². The summed E-state index contributed by atoms with van der Waals surface area (Å²) in [5.41, 5.74) is 0.307. The monoisotopic (exact) mass is 154 g/mol. The number of aldehydes is 1. The summed E-state index contributed by atoms with van der Waals surface area (Å²) < 4.78 is 12.7. The van der Waals surface area contributed by atoms with E-state index in [0.29, 0.717) is 11.8 Å². The predicted octanol–water partition coefficient (Wildman–Crippen LogP) is 1.65. The molecule has 0 saturated carbocycles. The van der Waals surface area contributed by atoms with Crippen LogP contribution in [0, 0.1) is 12.7 Å². The zero-order valence-corrected chi connectivity index (χ0v) is 5.97. The molecule has 0 spiro atoms. The van der Waals surface area contributed by atoms with E-state index in [1.54, 1.807) is 6.92 Å². The minimum atomic E-state index is -0.602. The zero-order chi connectivity index (χ0) is 8.43. The van der Waals surface area contributed by atoms with Gasteiger partial charge in [0.15, 0.2) is 6.29 Å². The topological polar surface area (TPSA) is 37.3 Å². The standard InChI is InChI=1S/C8H7FO2/c1-5-2-7(9)6(4-10)3-8(5)11/h2-4,11H,1H3. The van der Waals surface area contributed by atoms with Crippen LogP contribution >= 0.6 is 0 Å². The first-order valence-corrected chi connectivity index (χ1v) is 3.09. The number of carbonyl (C=O) groups is 1. The third kappa shape index (κ3) is 1.37. The van der Waals surface area contributed by atoms with Crippen molar-refractivity contribution < 1.29 is 14.3 Å². The van der Waals surface area contributed by atoms with Gasteiger partial charge in [0.05, 0.1) is 5.56 Å². The van der Waals surface area contributed by atoms with E-state index in [-0.39, 0.29) is 11.3 Å². The predicted molar refractivity (Wildman–Crippen MR) is 38.2 cm³/mol. The van der Waals surface area contributed by atoms with Crippen LogP contribution in [0.25, 0.3) is 0 Å². The number of carbonyl (C=O) groups excluding carboxylic acids is 1. The number of benzene rings is 1. The van der Waals surface area contributed by atoms with Crippen molar-refractivity contribution in [2.75, 3.05) is 0 Å². The number of rotatable bonds is 1. The summed E-state index contributed by atoms with van der Waals surface area (Å²) >= 11 is 0. The lowest BCUT2D eigenvalue weighted by atomic mass is 10.1. The van der Waals surface area contributed by atoms with E-state index >= 15 is 0 Å². The van der Waals surface area contributed by atoms with Crippen LogP contribution < -0.4 is 0 Å². The van der Waals surface area contributed by atoms with Crippen molar-refractivity contribution in [3.63, 3.8) is 0 Å². The molecule has 2 nitrogen and oxygen atoms in total. The molecule has 1 aromatic carbocycles. The third-order valence-corrected chi connectivity index (χ3v) is 1.44. The smallest absolute Gasteiger partial charge is 0.153 e. The van der Waals surface area contributed by atoms with E-state index in [2.05, 4.69) is 0 Å². The highest BCUT2D eigenvalue weighted by atomic mass is 19.1. The summed E-state index contributed by atoms with van der Waals surface area (Å²) in [5, 5.41) is 9.03. The minimum Gasteiger partial charge on any atom is -0.508 e. The molecule has 0 radical (unpaired) electrons. The molecule has 0 amide bonds. The molecule has 0 atom stereocenters. The fourth-order valence-corrected chi connectivity index (χ4v) is 0.768. The second-order valence-corrected chi connectivity index (χ2v) is 2.28. The number of phenolic OH excluding ortho intramolecular Hbond substituents is 1. The quantitative estimate of drug-likeness (QED) is 0.624. The van der Waals surface area contributed by atoms with Gasteiger partial charge in [-0.25, -0.2) is 4.39 Å². The Morgan fingerprint density at radius 1 is 1.55 bits per heavy atom. The molecule has 0 aromatic heterocycles. The highest BCUT2D eigenvalue weighted by molar-refractivity contribution is 5.76. The first-order chi connectivity index (χ1) is 5.15. The van der Waals surface area contributed by atoms with Crippen molar-refractivity contribution >= 4 is 6.29 Å². The van der Waals surface area contributed by atoms with Crippen LogP contribution in [0.1, 0.15) is 15.9 Å². The van der Waals surface area contributed by atoms with Crippen molar-refractivity contribution in [2.24, 2.45) is 0 Å². The Kier molecular flexibility index (Phi) is 1.89. The van der Waals surface area contributed by atoms with Crippen LogP contribution in [0.2, 0.25) is 0 Å². The van der Waals surface area contributed by atoms with E-state index in [1.807, 2.05) is 0 Å². The molecule has 1 N–H and O–H groups in total. The van der Waals surface area contributed by atoms with E-state index in [9.17, 15) is 9.18 Å². The molecule has 1 aromatic rings. The van der Waals surface area contributed by atoms with Gasteiger partial charge in [0.25, 0.3) is 0 Å². The number of aryl methyl sites for hydroxylation is 1. The molecule has 0 aliphatic heterocycles. The molecule has 0 bridgehead atoms. The highest BCUT2D eigenvalue weighted by Gasteiger charge is 2.04. The number of halogens is 1.